The average Bonchev–Trinajstić information content (AvgIpc) is 2.91. The fraction of sp³-hybridized carbons (Fsp3) is 0.536. The Labute approximate surface area is 218 Å². The average molecular weight is 511 g/mol. The van der Waals surface area contributed by atoms with Crippen LogP contribution in [0.1, 0.15) is 46.9 Å². The monoisotopic (exact) mass is 510 g/mol. The summed E-state index contributed by atoms with van der Waals surface area (Å²) >= 11 is 0. The van der Waals surface area contributed by atoms with Crippen molar-refractivity contribution in [2.75, 3.05) is 52.5 Å². The zero-order valence-electron chi connectivity index (χ0n) is 22.1. The largest absolute Gasteiger partial charge is 0.493 e. The molecule has 9 heteroatoms. The van der Waals surface area contributed by atoms with Crippen LogP contribution in [0.2, 0.25) is 0 Å². The maximum Gasteiger partial charge on any atom is 0.409 e. The van der Waals surface area contributed by atoms with E-state index in [0.717, 1.165) is 49.5 Å². The summed E-state index contributed by atoms with van der Waals surface area (Å²) in [6, 6.07) is 9.83. The number of likely N-dealkylation sites (tertiary alicyclic amines) is 1. The number of nitrogens with one attached hydrogen (secondary N) is 1. The van der Waals surface area contributed by atoms with Crippen LogP contribution in [-0.2, 0) is 11.3 Å². The molecule has 4 rings (SSSR count). The van der Waals surface area contributed by atoms with Gasteiger partial charge in [-0.15, -0.1) is 0 Å². The van der Waals surface area contributed by atoms with E-state index in [1.54, 1.807) is 15.9 Å². The molecule has 2 aliphatic heterocycles. The highest BCUT2D eigenvalue weighted by molar-refractivity contribution is 5.94. The minimum atomic E-state index is -0.326. The van der Waals surface area contributed by atoms with Crippen molar-refractivity contribution in [2.24, 2.45) is 5.92 Å². The van der Waals surface area contributed by atoms with Crippen LogP contribution in [0.25, 0.3) is 0 Å². The lowest BCUT2D eigenvalue weighted by Gasteiger charge is -2.34. The fourth-order valence-corrected chi connectivity index (χ4v) is 4.91. The third-order valence-corrected chi connectivity index (χ3v) is 7.25. The summed E-state index contributed by atoms with van der Waals surface area (Å²) in [6.07, 6.45) is 1.65. The highest BCUT2D eigenvalue weighted by atomic mass is 16.6. The number of piperidine rings is 1. The second-order valence-corrected chi connectivity index (χ2v) is 10.00. The SMILES string of the molecule is CCOC(=O)N1CCN(Cc2ccc(OC[C@H]3CCCN(C(=O)c4cc(C)c(C)[nH]c4=O)C3)cc2)CC1. The van der Waals surface area contributed by atoms with Gasteiger partial charge in [-0.2, -0.15) is 0 Å². The van der Waals surface area contributed by atoms with E-state index in [9.17, 15) is 14.4 Å². The van der Waals surface area contributed by atoms with Gasteiger partial charge in [0.15, 0.2) is 0 Å². The highest BCUT2D eigenvalue weighted by Gasteiger charge is 2.27. The second kappa shape index (κ2) is 12.3. The van der Waals surface area contributed by atoms with E-state index in [4.69, 9.17) is 9.47 Å². The van der Waals surface area contributed by atoms with E-state index in [1.807, 2.05) is 32.9 Å². The molecule has 1 aromatic heterocycles. The molecule has 200 valence electrons. The molecule has 2 amide bonds. The van der Waals surface area contributed by atoms with Crippen LogP contribution < -0.4 is 10.3 Å². The molecule has 0 aliphatic carbocycles. The Bertz CT molecular complexity index is 1140. The molecule has 0 spiro atoms. The first kappa shape index (κ1) is 26.7. The van der Waals surface area contributed by atoms with Crippen molar-refractivity contribution in [3.8, 4) is 5.75 Å². The molecule has 1 aromatic carbocycles. The van der Waals surface area contributed by atoms with Crippen LogP contribution in [0.3, 0.4) is 0 Å². The summed E-state index contributed by atoms with van der Waals surface area (Å²) in [7, 11) is 0. The van der Waals surface area contributed by atoms with Gasteiger partial charge < -0.3 is 24.3 Å². The Hall–Kier alpha value is -3.33. The normalized spacial score (nSPS) is 18.5. The number of piperazine rings is 1. The van der Waals surface area contributed by atoms with Crippen molar-refractivity contribution >= 4 is 12.0 Å². The van der Waals surface area contributed by atoms with Crippen molar-refractivity contribution in [3.05, 3.63) is 63.1 Å². The minimum Gasteiger partial charge on any atom is -0.493 e. The lowest BCUT2D eigenvalue weighted by Crippen LogP contribution is -2.48. The number of benzene rings is 1. The van der Waals surface area contributed by atoms with Gasteiger partial charge in [0.05, 0.1) is 13.2 Å². The third kappa shape index (κ3) is 6.91. The molecular weight excluding hydrogens is 472 g/mol. The first-order valence-electron chi connectivity index (χ1n) is 13.2. The molecule has 9 nitrogen and oxygen atoms in total. The Balaban J connectivity index is 1.24. The van der Waals surface area contributed by atoms with Gasteiger partial charge in [0, 0.05) is 57.4 Å². The lowest BCUT2D eigenvalue weighted by atomic mass is 9.98. The van der Waals surface area contributed by atoms with Crippen LogP contribution in [0, 0.1) is 19.8 Å². The molecule has 3 heterocycles. The topological polar surface area (TPSA) is 95.2 Å². The molecule has 2 saturated heterocycles. The van der Waals surface area contributed by atoms with Gasteiger partial charge in [0.1, 0.15) is 11.3 Å². The third-order valence-electron chi connectivity index (χ3n) is 7.25. The summed E-state index contributed by atoms with van der Waals surface area (Å²) < 4.78 is 11.2. The number of carbonyl (C=O) groups excluding carboxylic acids is 2. The summed E-state index contributed by atoms with van der Waals surface area (Å²) in [5, 5.41) is 0. The van der Waals surface area contributed by atoms with Crippen LogP contribution >= 0.6 is 0 Å². The predicted molar refractivity (Wildman–Crippen MR) is 141 cm³/mol. The van der Waals surface area contributed by atoms with Gasteiger partial charge in [0.2, 0.25) is 0 Å². The minimum absolute atomic E-state index is 0.207. The van der Waals surface area contributed by atoms with Crippen LogP contribution in [0.15, 0.2) is 35.1 Å². The Morgan fingerprint density at radius 2 is 1.76 bits per heavy atom. The Morgan fingerprint density at radius 1 is 1.03 bits per heavy atom. The number of rotatable bonds is 7. The number of H-pyrrole nitrogens is 1. The molecular formula is C28H38N4O5. The Kier molecular flexibility index (Phi) is 8.87. The lowest BCUT2D eigenvalue weighted by molar-refractivity contribution is 0.0631. The van der Waals surface area contributed by atoms with Gasteiger partial charge in [-0.1, -0.05) is 12.1 Å². The molecule has 0 unspecified atom stereocenters. The van der Waals surface area contributed by atoms with Gasteiger partial charge in [0.25, 0.3) is 11.5 Å². The van der Waals surface area contributed by atoms with Crippen molar-refractivity contribution in [3.63, 3.8) is 0 Å². The van der Waals surface area contributed by atoms with Crippen molar-refractivity contribution in [1.82, 2.24) is 19.7 Å². The van der Waals surface area contributed by atoms with E-state index in [-0.39, 0.29) is 29.0 Å². The molecule has 0 bridgehead atoms. The number of nitrogens with zero attached hydrogens (tertiary/aromatic N) is 3. The number of aromatic nitrogens is 1. The van der Waals surface area contributed by atoms with Crippen LogP contribution in [0.4, 0.5) is 4.79 Å². The second-order valence-electron chi connectivity index (χ2n) is 10.00. The van der Waals surface area contributed by atoms with E-state index >= 15 is 0 Å². The molecule has 1 N–H and O–H groups in total. The number of hydrogen-bond donors (Lipinski definition) is 1. The number of aromatic amines is 1. The summed E-state index contributed by atoms with van der Waals surface area (Å²) in [4.78, 5) is 45.9. The summed E-state index contributed by atoms with van der Waals surface area (Å²) in [5.41, 5.74) is 2.77. The number of pyridine rings is 1. The van der Waals surface area contributed by atoms with E-state index < -0.39 is 0 Å². The molecule has 1 atom stereocenters. The molecule has 37 heavy (non-hydrogen) atoms. The molecule has 0 saturated carbocycles. The molecule has 2 fully saturated rings. The molecule has 2 aromatic rings. The zero-order valence-corrected chi connectivity index (χ0v) is 22.1. The number of carbonyl (C=O) groups is 2. The fourth-order valence-electron chi connectivity index (χ4n) is 4.91. The maximum atomic E-state index is 13.0. The van der Waals surface area contributed by atoms with Crippen LogP contribution in [0.5, 0.6) is 5.75 Å². The maximum absolute atomic E-state index is 13.0. The number of ether oxygens (including phenoxy) is 2. The first-order chi connectivity index (χ1) is 17.8. The predicted octanol–water partition coefficient (Wildman–Crippen LogP) is 3.20. The standard InChI is InChI=1S/C28H38N4O5/c1-4-36-28(35)31-14-12-30(13-15-31)17-22-7-9-24(10-8-22)37-19-23-6-5-11-32(18-23)27(34)25-16-20(2)21(3)29-26(25)33/h7-10,16,23H,4-6,11-15,17-19H2,1-3H3,(H,29,33)/t23-/m0/s1. The van der Waals surface area contributed by atoms with Crippen molar-refractivity contribution < 1.29 is 19.1 Å². The number of hydrogen-bond acceptors (Lipinski definition) is 6. The van der Waals surface area contributed by atoms with Gasteiger partial charge in [-0.05, 0) is 62.9 Å². The smallest absolute Gasteiger partial charge is 0.409 e. The first-order valence-corrected chi connectivity index (χ1v) is 13.2. The zero-order chi connectivity index (χ0) is 26.4. The molecule has 2 aliphatic rings. The quantitative estimate of drug-likeness (QED) is 0.615. The van der Waals surface area contributed by atoms with Crippen LogP contribution in [-0.4, -0.2) is 84.2 Å². The van der Waals surface area contributed by atoms with Crippen molar-refractivity contribution in [2.45, 2.75) is 40.2 Å². The van der Waals surface area contributed by atoms with E-state index in [0.29, 0.717) is 39.4 Å². The summed E-state index contributed by atoms with van der Waals surface area (Å²) in [6.45, 7) is 11.6. The summed E-state index contributed by atoms with van der Waals surface area (Å²) in [5.74, 6) is 0.824. The Morgan fingerprint density at radius 3 is 2.46 bits per heavy atom. The van der Waals surface area contributed by atoms with E-state index in [2.05, 4.69) is 22.0 Å². The van der Waals surface area contributed by atoms with Gasteiger partial charge in [-0.3, -0.25) is 14.5 Å². The van der Waals surface area contributed by atoms with E-state index in [1.165, 1.54) is 5.56 Å². The van der Waals surface area contributed by atoms with Gasteiger partial charge in [-0.25, -0.2) is 4.79 Å². The van der Waals surface area contributed by atoms with Gasteiger partial charge >= 0.3 is 6.09 Å². The van der Waals surface area contributed by atoms with Crippen molar-refractivity contribution in [1.29, 1.82) is 0 Å². The molecule has 0 radical (unpaired) electrons. The highest BCUT2D eigenvalue weighted by Crippen LogP contribution is 2.21. The number of aryl methyl sites for hydroxylation is 2. The number of amides is 2.